The highest BCUT2D eigenvalue weighted by Crippen LogP contribution is 2.16. The van der Waals surface area contributed by atoms with Crippen LogP contribution in [0, 0.1) is 0 Å². The summed E-state index contributed by atoms with van der Waals surface area (Å²) < 4.78 is 26.9. The highest BCUT2D eigenvalue weighted by atomic mass is 19.3. The van der Waals surface area contributed by atoms with E-state index in [4.69, 9.17) is 0 Å². The Morgan fingerprint density at radius 2 is 1.38 bits per heavy atom. The van der Waals surface area contributed by atoms with Crippen LogP contribution in [-0.4, -0.2) is 31.4 Å². The molecule has 3 aromatic rings. The van der Waals surface area contributed by atoms with Gasteiger partial charge in [0.25, 0.3) is 11.8 Å². The largest absolute Gasteiger partial charge is 0.333 e. The van der Waals surface area contributed by atoms with Gasteiger partial charge in [-0.1, -0.05) is 0 Å². The third kappa shape index (κ3) is 3.91. The minimum atomic E-state index is -2.81. The number of nitrogens with zero attached hydrogens (tertiary/aromatic N) is 4. The lowest BCUT2D eigenvalue weighted by atomic mass is 10.2. The summed E-state index contributed by atoms with van der Waals surface area (Å²) in [4.78, 5) is 24.0. The Bertz CT molecular complexity index is 932. The maximum atomic E-state index is 12.5. The molecule has 0 saturated heterocycles. The SMILES string of the molecule is Cn1ccc(C(=O)Nc2ccc(NC(=O)c3ccn(C(F)F)n3)cc2)n1. The van der Waals surface area contributed by atoms with Crippen molar-refractivity contribution in [3.8, 4) is 0 Å². The van der Waals surface area contributed by atoms with Gasteiger partial charge in [-0.15, -0.1) is 0 Å². The number of hydrogen-bond donors (Lipinski definition) is 2. The van der Waals surface area contributed by atoms with Crippen LogP contribution in [0.2, 0.25) is 0 Å². The number of aryl methyl sites for hydroxylation is 1. The van der Waals surface area contributed by atoms with Gasteiger partial charge in [-0.2, -0.15) is 19.0 Å². The minimum absolute atomic E-state index is 0.127. The van der Waals surface area contributed by atoms with Crippen molar-refractivity contribution in [3.05, 3.63) is 60.2 Å². The van der Waals surface area contributed by atoms with E-state index in [1.807, 2.05) is 0 Å². The number of halogens is 2. The quantitative estimate of drug-likeness (QED) is 0.731. The summed E-state index contributed by atoms with van der Waals surface area (Å²) >= 11 is 0. The molecule has 2 heterocycles. The van der Waals surface area contributed by atoms with Crippen molar-refractivity contribution in [1.29, 1.82) is 0 Å². The Hall–Kier alpha value is -3.56. The lowest BCUT2D eigenvalue weighted by Gasteiger charge is -2.06. The summed E-state index contributed by atoms with van der Waals surface area (Å²) in [6.07, 6.45) is 2.68. The first-order chi connectivity index (χ1) is 12.4. The summed E-state index contributed by atoms with van der Waals surface area (Å²) in [5.74, 6) is -0.977. The van der Waals surface area contributed by atoms with Gasteiger partial charge in [0, 0.05) is 30.8 Å². The second-order valence-electron chi connectivity index (χ2n) is 5.32. The fraction of sp³-hybridized carbons (Fsp3) is 0.125. The molecule has 0 atom stereocenters. The molecule has 1 aromatic carbocycles. The van der Waals surface area contributed by atoms with Crippen LogP contribution in [0.15, 0.2) is 48.8 Å². The Kier molecular flexibility index (Phi) is 4.74. The standard InChI is InChI=1S/C16H14F2N6O2/c1-23-8-6-12(21-23)14(25)19-10-2-4-11(5-3-10)20-15(26)13-7-9-24(22-13)16(17)18/h2-9,16H,1H3,(H,19,25)(H,20,26). The number of anilines is 2. The molecule has 0 spiro atoms. The molecule has 0 fully saturated rings. The number of carbonyl (C=O) groups is 2. The number of aromatic nitrogens is 4. The Balaban J connectivity index is 1.61. The van der Waals surface area contributed by atoms with E-state index in [2.05, 4.69) is 20.8 Å². The highest BCUT2D eigenvalue weighted by Gasteiger charge is 2.14. The highest BCUT2D eigenvalue weighted by molar-refractivity contribution is 6.04. The van der Waals surface area contributed by atoms with Crippen LogP contribution in [0.5, 0.6) is 0 Å². The molecule has 3 rings (SSSR count). The zero-order chi connectivity index (χ0) is 18.7. The van der Waals surface area contributed by atoms with E-state index < -0.39 is 12.5 Å². The molecule has 0 aliphatic carbocycles. The van der Waals surface area contributed by atoms with Gasteiger partial charge in [-0.3, -0.25) is 14.3 Å². The van der Waals surface area contributed by atoms with Crippen molar-refractivity contribution in [2.24, 2.45) is 7.05 Å². The molecule has 8 nitrogen and oxygen atoms in total. The average molecular weight is 360 g/mol. The van der Waals surface area contributed by atoms with Crippen LogP contribution in [0.3, 0.4) is 0 Å². The van der Waals surface area contributed by atoms with E-state index in [1.165, 1.54) is 10.7 Å². The van der Waals surface area contributed by atoms with E-state index >= 15 is 0 Å². The van der Waals surface area contributed by atoms with Crippen LogP contribution >= 0.6 is 0 Å². The van der Waals surface area contributed by atoms with Crippen molar-refractivity contribution < 1.29 is 18.4 Å². The number of amides is 2. The van der Waals surface area contributed by atoms with Gasteiger partial charge in [-0.05, 0) is 36.4 Å². The fourth-order valence-corrected chi connectivity index (χ4v) is 2.13. The third-order valence-electron chi connectivity index (χ3n) is 3.39. The molecule has 0 unspecified atom stereocenters. The average Bonchev–Trinajstić information content (AvgIpc) is 3.26. The van der Waals surface area contributed by atoms with Crippen molar-refractivity contribution in [3.63, 3.8) is 0 Å². The first kappa shape index (κ1) is 17.3. The maximum absolute atomic E-state index is 12.5. The predicted octanol–water partition coefficient (Wildman–Crippen LogP) is 2.52. The topological polar surface area (TPSA) is 93.8 Å². The zero-order valence-corrected chi connectivity index (χ0v) is 13.6. The predicted molar refractivity (Wildman–Crippen MR) is 89.0 cm³/mol. The zero-order valence-electron chi connectivity index (χ0n) is 13.6. The molecule has 26 heavy (non-hydrogen) atoms. The van der Waals surface area contributed by atoms with Gasteiger partial charge < -0.3 is 10.6 Å². The molecule has 0 radical (unpaired) electrons. The van der Waals surface area contributed by atoms with Gasteiger partial charge >= 0.3 is 6.55 Å². The van der Waals surface area contributed by atoms with Crippen molar-refractivity contribution in [1.82, 2.24) is 19.6 Å². The molecule has 0 aliphatic heterocycles. The molecule has 134 valence electrons. The Morgan fingerprint density at radius 3 is 1.81 bits per heavy atom. The van der Waals surface area contributed by atoms with E-state index in [-0.39, 0.29) is 17.3 Å². The lowest BCUT2D eigenvalue weighted by molar-refractivity contribution is 0.0561. The summed E-state index contributed by atoms with van der Waals surface area (Å²) in [5, 5.41) is 12.7. The van der Waals surface area contributed by atoms with E-state index in [9.17, 15) is 18.4 Å². The van der Waals surface area contributed by atoms with Crippen LogP contribution in [0.1, 0.15) is 27.5 Å². The summed E-state index contributed by atoms with van der Waals surface area (Å²) in [6.45, 7) is -2.81. The molecular formula is C16H14F2N6O2. The van der Waals surface area contributed by atoms with Gasteiger partial charge in [0.1, 0.15) is 0 Å². The van der Waals surface area contributed by atoms with Gasteiger partial charge in [0.2, 0.25) is 0 Å². The van der Waals surface area contributed by atoms with Crippen LogP contribution in [-0.2, 0) is 7.05 Å². The summed E-state index contributed by atoms with van der Waals surface area (Å²) in [5.41, 5.74) is 1.09. The fourth-order valence-electron chi connectivity index (χ4n) is 2.13. The number of carbonyl (C=O) groups excluding carboxylic acids is 2. The molecule has 2 amide bonds. The summed E-state index contributed by atoms with van der Waals surface area (Å²) in [7, 11) is 1.71. The number of nitrogens with one attached hydrogen (secondary N) is 2. The smallest absolute Gasteiger partial charge is 0.321 e. The summed E-state index contributed by atoms with van der Waals surface area (Å²) in [6, 6.07) is 9.10. The van der Waals surface area contributed by atoms with Gasteiger partial charge in [-0.25, -0.2) is 4.68 Å². The molecular weight excluding hydrogens is 346 g/mol. The minimum Gasteiger partial charge on any atom is -0.321 e. The van der Waals surface area contributed by atoms with Gasteiger partial charge in [0.05, 0.1) is 0 Å². The number of rotatable bonds is 5. The third-order valence-corrected chi connectivity index (χ3v) is 3.39. The van der Waals surface area contributed by atoms with Gasteiger partial charge in [0.15, 0.2) is 11.4 Å². The second-order valence-corrected chi connectivity index (χ2v) is 5.32. The molecule has 0 bridgehead atoms. The van der Waals surface area contributed by atoms with Crippen LogP contribution < -0.4 is 10.6 Å². The Labute approximate surface area is 146 Å². The second kappa shape index (κ2) is 7.13. The van der Waals surface area contributed by atoms with Crippen molar-refractivity contribution in [2.45, 2.75) is 6.55 Å². The number of benzene rings is 1. The first-order valence-corrected chi connectivity index (χ1v) is 7.48. The molecule has 0 aliphatic rings. The number of hydrogen-bond acceptors (Lipinski definition) is 4. The van der Waals surface area contributed by atoms with Crippen molar-refractivity contribution >= 4 is 23.2 Å². The van der Waals surface area contributed by atoms with E-state index in [0.717, 1.165) is 6.20 Å². The van der Waals surface area contributed by atoms with E-state index in [1.54, 1.807) is 43.6 Å². The Morgan fingerprint density at radius 1 is 0.885 bits per heavy atom. The molecule has 0 saturated carbocycles. The van der Waals surface area contributed by atoms with Crippen LogP contribution in [0.4, 0.5) is 20.2 Å². The van der Waals surface area contributed by atoms with E-state index in [0.29, 0.717) is 16.1 Å². The normalized spacial score (nSPS) is 10.8. The monoisotopic (exact) mass is 360 g/mol. The first-order valence-electron chi connectivity index (χ1n) is 7.48. The molecule has 2 aromatic heterocycles. The molecule has 10 heteroatoms. The van der Waals surface area contributed by atoms with Crippen LogP contribution in [0.25, 0.3) is 0 Å². The molecule has 2 N–H and O–H groups in total. The number of alkyl halides is 2. The van der Waals surface area contributed by atoms with Crippen molar-refractivity contribution in [2.75, 3.05) is 10.6 Å². The lowest BCUT2D eigenvalue weighted by Crippen LogP contribution is -2.14. The maximum Gasteiger partial charge on any atom is 0.333 e.